The van der Waals surface area contributed by atoms with Gasteiger partial charge in [0.15, 0.2) is 5.16 Å². The number of hydrogen-bond acceptors (Lipinski definition) is 7. The van der Waals surface area contributed by atoms with Gasteiger partial charge in [0.05, 0.1) is 6.67 Å². The predicted molar refractivity (Wildman–Crippen MR) is 88.7 cm³/mol. The van der Waals surface area contributed by atoms with E-state index in [1.165, 1.54) is 29.8 Å². The van der Waals surface area contributed by atoms with E-state index in [0.29, 0.717) is 5.92 Å². The first kappa shape index (κ1) is 13.4. The highest BCUT2D eigenvalue weighted by molar-refractivity contribution is 7.98. The first-order chi connectivity index (χ1) is 10.8. The first-order valence-electron chi connectivity index (χ1n) is 7.71. The molecule has 2 aromatic rings. The molecule has 5 rings (SSSR count). The Bertz CT molecular complexity index is 751. The van der Waals surface area contributed by atoms with E-state index < -0.39 is 0 Å². The topological polar surface area (TPSA) is 58.0 Å². The molecule has 1 fully saturated rings. The highest BCUT2D eigenvalue weighted by atomic mass is 32.2. The van der Waals surface area contributed by atoms with E-state index in [-0.39, 0.29) is 6.17 Å². The Labute approximate surface area is 137 Å². The molecule has 1 saturated heterocycles. The highest BCUT2D eigenvalue weighted by Crippen LogP contribution is 2.50. The number of nitrogens with zero attached hydrogens (tertiary/aromatic N) is 4. The van der Waals surface area contributed by atoms with Crippen molar-refractivity contribution in [3.8, 4) is 5.00 Å². The number of rotatable bonds is 1. The zero-order valence-electron chi connectivity index (χ0n) is 12.6. The second-order valence-electron chi connectivity index (χ2n) is 6.08. The van der Waals surface area contributed by atoms with Crippen LogP contribution in [0.4, 0.5) is 5.95 Å². The Morgan fingerprint density at radius 1 is 1.32 bits per heavy atom. The zero-order valence-corrected chi connectivity index (χ0v) is 14.2. The van der Waals surface area contributed by atoms with Crippen LogP contribution in [0.5, 0.6) is 0 Å². The van der Waals surface area contributed by atoms with Crippen LogP contribution in [0.3, 0.4) is 0 Å². The zero-order chi connectivity index (χ0) is 14.8. The largest absolute Gasteiger partial charge is 0.278 e. The molecule has 3 aliphatic rings. The Morgan fingerprint density at radius 3 is 3.09 bits per heavy atom. The SMILES string of the molecule is CSc1nnc2n1-c1sc3c(c1C1NCNN21)[C@H](C)CCC3. The molecule has 0 aromatic carbocycles. The van der Waals surface area contributed by atoms with Crippen molar-refractivity contribution in [2.45, 2.75) is 43.4 Å². The van der Waals surface area contributed by atoms with Crippen molar-refractivity contribution in [1.29, 1.82) is 0 Å². The van der Waals surface area contributed by atoms with Crippen LogP contribution < -0.4 is 15.8 Å². The molecule has 1 aliphatic carbocycles. The summed E-state index contributed by atoms with van der Waals surface area (Å²) in [5.41, 5.74) is 6.42. The van der Waals surface area contributed by atoms with Gasteiger partial charge >= 0.3 is 0 Å². The van der Waals surface area contributed by atoms with E-state index in [9.17, 15) is 0 Å². The number of fused-ring (bicyclic) bond motifs is 8. The van der Waals surface area contributed by atoms with Crippen molar-refractivity contribution < 1.29 is 0 Å². The van der Waals surface area contributed by atoms with E-state index in [4.69, 9.17) is 0 Å². The molecular weight excluding hydrogens is 316 g/mol. The van der Waals surface area contributed by atoms with Crippen molar-refractivity contribution in [1.82, 2.24) is 25.5 Å². The molecule has 116 valence electrons. The summed E-state index contributed by atoms with van der Waals surface area (Å²) in [6.07, 6.45) is 6.05. The normalized spacial score (nSPS) is 25.6. The highest BCUT2D eigenvalue weighted by Gasteiger charge is 2.42. The smallest absolute Gasteiger partial charge is 0.249 e. The maximum Gasteiger partial charge on any atom is 0.249 e. The van der Waals surface area contributed by atoms with Gasteiger partial charge in [0.25, 0.3) is 0 Å². The summed E-state index contributed by atoms with van der Waals surface area (Å²) in [6.45, 7) is 3.14. The van der Waals surface area contributed by atoms with Crippen LogP contribution in [0, 0.1) is 0 Å². The Kier molecular flexibility index (Phi) is 2.86. The number of hydrogen-bond donors (Lipinski definition) is 2. The minimum absolute atomic E-state index is 0.182. The Balaban J connectivity index is 1.82. The monoisotopic (exact) mass is 334 g/mol. The van der Waals surface area contributed by atoms with Gasteiger partial charge in [0.2, 0.25) is 5.95 Å². The number of anilines is 1. The molecule has 2 atom stereocenters. The number of thiophene rings is 1. The predicted octanol–water partition coefficient (Wildman–Crippen LogP) is 2.37. The maximum atomic E-state index is 4.42. The molecule has 2 aromatic heterocycles. The van der Waals surface area contributed by atoms with Crippen molar-refractivity contribution in [2.75, 3.05) is 17.9 Å². The summed E-state index contributed by atoms with van der Waals surface area (Å²) in [5, 5.41) is 16.8. The molecule has 2 N–H and O–H groups in total. The van der Waals surface area contributed by atoms with E-state index in [0.717, 1.165) is 17.8 Å². The Hall–Kier alpha value is -1.09. The third-order valence-corrected chi connectivity index (χ3v) is 6.76. The maximum absolute atomic E-state index is 4.42. The quantitative estimate of drug-likeness (QED) is 0.781. The standard InChI is InChI=1S/C14H18N6S2/c1-7-4-3-5-8-9(7)10-11-15-6-16-20(11)13-17-18-14(21-2)19(13)12(10)22-8/h7,11,15-16H,3-6H2,1-2H3/t7-,11?/m1/s1. The van der Waals surface area contributed by atoms with Crippen LogP contribution in [-0.2, 0) is 6.42 Å². The summed E-state index contributed by atoms with van der Waals surface area (Å²) in [6, 6.07) is 0. The van der Waals surface area contributed by atoms with Crippen LogP contribution in [0.1, 0.15) is 47.9 Å². The number of aromatic nitrogens is 3. The summed E-state index contributed by atoms with van der Waals surface area (Å²) in [4.78, 5) is 1.56. The second-order valence-corrected chi connectivity index (χ2v) is 7.94. The molecule has 0 saturated carbocycles. The van der Waals surface area contributed by atoms with Crippen LogP contribution in [0.25, 0.3) is 5.00 Å². The number of thioether (sulfide) groups is 1. The van der Waals surface area contributed by atoms with Gasteiger partial charge in [-0.15, -0.1) is 21.5 Å². The molecule has 1 unspecified atom stereocenters. The van der Waals surface area contributed by atoms with E-state index in [2.05, 4.69) is 43.7 Å². The average Bonchev–Trinajstić information content (AvgIpc) is 3.21. The van der Waals surface area contributed by atoms with Gasteiger partial charge < -0.3 is 0 Å². The first-order valence-corrected chi connectivity index (χ1v) is 9.75. The lowest BCUT2D eigenvalue weighted by Crippen LogP contribution is -2.39. The Morgan fingerprint density at radius 2 is 2.23 bits per heavy atom. The minimum atomic E-state index is 0.182. The van der Waals surface area contributed by atoms with Gasteiger partial charge in [-0.3, -0.25) is 10.3 Å². The van der Waals surface area contributed by atoms with E-state index in [1.807, 2.05) is 11.3 Å². The number of hydrazine groups is 1. The number of aryl methyl sites for hydroxylation is 1. The lowest BCUT2D eigenvalue weighted by molar-refractivity contribution is 0.552. The van der Waals surface area contributed by atoms with Crippen molar-refractivity contribution in [3.05, 3.63) is 16.0 Å². The molecule has 8 heteroatoms. The van der Waals surface area contributed by atoms with E-state index >= 15 is 0 Å². The lowest BCUT2D eigenvalue weighted by Gasteiger charge is -2.32. The summed E-state index contributed by atoms with van der Waals surface area (Å²) in [5.74, 6) is 1.54. The lowest BCUT2D eigenvalue weighted by atomic mass is 9.85. The summed E-state index contributed by atoms with van der Waals surface area (Å²) < 4.78 is 2.23. The fraction of sp³-hybridized carbons (Fsp3) is 0.571. The molecule has 0 spiro atoms. The third kappa shape index (κ3) is 1.58. The van der Waals surface area contributed by atoms with Crippen molar-refractivity contribution >= 4 is 29.0 Å². The molecule has 0 amide bonds. The number of nitrogens with one attached hydrogen (secondary N) is 2. The van der Waals surface area contributed by atoms with Gasteiger partial charge in [0.1, 0.15) is 11.2 Å². The molecule has 0 radical (unpaired) electrons. The summed E-state index contributed by atoms with van der Waals surface area (Å²) >= 11 is 3.60. The molecule has 4 heterocycles. The van der Waals surface area contributed by atoms with Gasteiger partial charge in [-0.1, -0.05) is 18.7 Å². The molecular formula is C14H18N6S2. The fourth-order valence-corrected chi connectivity index (χ4v) is 5.94. The van der Waals surface area contributed by atoms with Crippen molar-refractivity contribution in [2.24, 2.45) is 0 Å². The molecule has 2 aliphatic heterocycles. The fourth-order valence-electron chi connectivity index (χ4n) is 3.92. The minimum Gasteiger partial charge on any atom is -0.278 e. The average molecular weight is 334 g/mol. The van der Waals surface area contributed by atoms with Gasteiger partial charge in [-0.05, 0) is 37.0 Å². The van der Waals surface area contributed by atoms with Gasteiger partial charge in [0, 0.05) is 10.4 Å². The van der Waals surface area contributed by atoms with Crippen LogP contribution >= 0.6 is 23.1 Å². The molecule has 22 heavy (non-hydrogen) atoms. The third-order valence-electron chi connectivity index (χ3n) is 4.87. The van der Waals surface area contributed by atoms with Crippen LogP contribution in [0.15, 0.2) is 5.16 Å². The van der Waals surface area contributed by atoms with E-state index in [1.54, 1.807) is 22.2 Å². The van der Waals surface area contributed by atoms with Crippen LogP contribution in [-0.4, -0.2) is 27.7 Å². The van der Waals surface area contributed by atoms with Gasteiger partial charge in [-0.2, -0.15) is 0 Å². The summed E-state index contributed by atoms with van der Waals surface area (Å²) in [7, 11) is 0. The molecule has 0 bridgehead atoms. The molecule has 6 nitrogen and oxygen atoms in total. The second kappa shape index (κ2) is 4.70. The van der Waals surface area contributed by atoms with Crippen LogP contribution in [0.2, 0.25) is 0 Å². The van der Waals surface area contributed by atoms with Gasteiger partial charge in [-0.25, -0.2) is 9.99 Å². The van der Waals surface area contributed by atoms with Crippen molar-refractivity contribution in [3.63, 3.8) is 0 Å².